The van der Waals surface area contributed by atoms with E-state index in [0.717, 1.165) is 17.9 Å². The van der Waals surface area contributed by atoms with Crippen LogP contribution in [0.2, 0.25) is 0 Å². The first-order valence-electron chi connectivity index (χ1n) is 7.06. The van der Waals surface area contributed by atoms with Gasteiger partial charge in [-0.3, -0.25) is 4.40 Å². The maximum Gasteiger partial charge on any atom is 0.234 e. The lowest BCUT2D eigenvalue weighted by atomic mass is 9.66. The summed E-state index contributed by atoms with van der Waals surface area (Å²) in [6.07, 6.45) is 2.24. The molecule has 0 saturated heterocycles. The van der Waals surface area contributed by atoms with Crippen LogP contribution >= 0.6 is 0 Å². The van der Waals surface area contributed by atoms with Gasteiger partial charge < -0.3 is 0 Å². The molecule has 3 rings (SSSR count). The molecule has 2 aromatic rings. The first-order chi connectivity index (χ1) is 8.70. The monoisotopic (exact) mass is 257 g/mol. The third-order valence-electron chi connectivity index (χ3n) is 4.19. The average molecular weight is 257 g/mol. The first kappa shape index (κ1) is 12.6. The molecule has 1 aliphatic carbocycles. The van der Waals surface area contributed by atoms with Crippen molar-refractivity contribution >= 4 is 5.78 Å². The number of fused-ring (bicyclic) bond motifs is 3. The van der Waals surface area contributed by atoms with Gasteiger partial charge in [0.25, 0.3) is 0 Å². The Labute approximate surface area is 115 Å². The standard InChI is InChI=1S/C16H23N3/c1-10-7-11(2)19-13-12(18-14(19)17-10)8-15(3,4)9-16(13,5)6/h7H,8-9H2,1-6H3. The predicted molar refractivity (Wildman–Crippen MR) is 77.6 cm³/mol. The number of hydrogen-bond donors (Lipinski definition) is 0. The van der Waals surface area contributed by atoms with Gasteiger partial charge in [0, 0.05) is 16.8 Å². The lowest BCUT2D eigenvalue weighted by Gasteiger charge is -2.40. The van der Waals surface area contributed by atoms with Crippen molar-refractivity contribution in [3.63, 3.8) is 0 Å². The van der Waals surface area contributed by atoms with Crippen molar-refractivity contribution in [1.29, 1.82) is 0 Å². The molecule has 0 bridgehead atoms. The summed E-state index contributed by atoms with van der Waals surface area (Å²) in [6.45, 7) is 13.5. The van der Waals surface area contributed by atoms with Gasteiger partial charge in [-0.05, 0) is 38.2 Å². The smallest absolute Gasteiger partial charge is 0.234 e. The highest BCUT2D eigenvalue weighted by atomic mass is 15.1. The fourth-order valence-corrected chi connectivity index (χ4v) is 4.03. The third-order valence-corrected chi connectivity index (χ3v) is 4.19. The summed E-state index contributed by atoms with van der Waals surface area (Å²) in [5.74, 6) is 0.869. The molecule has 0 N–H and O–H groups in total. The van der Waals surface area contributed by atoms with Crippen LogP contribution in [-0.2, 0) is 11.8 Å². The Morgan fingerprint density at radius 2 is 1.79 bits per heavy atom. The van der Waals surface area contributed by atoms with E-state index in [4.69, 9.17) is 4.98 Å². The maximum absolute atomic E-state index is 4.82. The number of rotatable bonds is 0. The summed E-state index contributed by atoms with van der Waals surface area (Å²) in [6, 6.07) is 2.14. The van der Waals surface area contributed by atoms with Gasteiger partial charge in [-0.2, -0.15) is 0 Å². The van der Waals surface area contributed by atoms with E-state index < -0.39 is 0 Å². The number of nitrogens with zero attached hydrogens (tertiary/aromatic N) is 3. The summed E-state index contributed by atoms with van der Waals surface area (Å²) in [7, 11) is 0. The Bertz CT molecular complexity index is 662. The van der Waals surface area contributed by atoms with Crippen molar-refractivity contribution in [3.8, 4) is 0 Å². The van der Waals surface area contributed by atoms with Crippen molar-refractivity contribution in [2.24, 2.45) is 5.41 Å². The van der Waals surface area contributed by atoms with Gasteiger partial charge in [0.05, 0.1) is 11.4 Å². The second-order valence-corrected chi connectivity index (χ2v) is 7.48. The van der Waals surface area contributed by atoms with Crippen LogP contribution in [0.5, 0.6) is 0 Å². The molecule has 3 heteroatoms. The molecule has 0 aliphatic heterocycles. The van der Waals surface area contributed by atoms with Crippen LogP contribution in [-0.4, -0.2) is 14.4 Å². The van der Waals surface area contributed by atoms with Gasteiger partial charge in [0.2, 0.25) is 5.78 Å². The van der Waals surface area contributed by atoms with E-state index in [9.17, 15) is 0 Å². The summed E-state index contributed by atoms with van der Waals surface area (Å²) in [4.78, 5) is 9.42. The normalized spacial score (nSPS) is 20.5. The summed E-state index contributed by atoms with van der Waals surface area (Å²) in [5.41, 5.74) is 5.36. The van der Waals surface area contributed by atoms with Crippen molar-refractivity contribution in [3.05, 3.63) is 28.8 Å². The van der Waals surface area contributed by atoms with E-state index in [2.05, 4.69) is 50.1 Å². The lowest BCUT2D eigenvalue weighted by molar-refractivity contribution is 0.224. The molecule has 0 radical (unpaired) electrons. The Kier molecular flexibility index (Phi) is 2.39. The summed E-state index contributed by atoms with van der Waals surface area (Å²) < 4.78 is 2.26. The third kappa shape index (κ3) is 1.87. The highest BCUT2D eigenvalue weighted by molar-refractivity contribution is 5.44. The van der Waals surface area contributed by atoms with Gasteiger partial charge in [-0.15, -0.1) is 0 Å². The van der Waals surface area contributed by atoms with Crippen LogP contribution in [0, 0.1) is 19.3 Å². The van der Waals surface area contributed by atoms with Crippen LogP contribution in [0.4, 0.5) is 0 Å². The van der Waals surface area contributed by atoms with E-state index in [1.54, 1.807) is 0 Å². The second-order valence-electron chi connectivity index (χ2n) is 7.48. The summed E-state index contributed by atoms with van der Waals surface area (Å²) in [5, 5.41) is 0. The molecule has 102 valence electrons. The number of hydrogen-bond acceptors (Lipinski definition) is 2. The molecule has 0 saturated carbocycles. The number of aryl methyl sites for hydroxylation is 2. The molecule has 3 nitrogen and oxygen atoms in total. The Hall–Kier alpha value is -1.38. The molecule has 19 heavy (non-hydrogen) atoms. The largest absolute Gasteiger partial charge is 0.285 e. The average Bonchev–Trinajstić information content (AvgIpc) is 2.52. The minimum atomic E-state index is 0.151. The van der Waals surface area contributed by atoms with Crippen LogP contribution in [0.3, 0.4) is 0 Å². The van der Waals surface area contributed by atoms with Crippen LogP contribution in [0.25, 0.3) is 5.78 Å². The molecule has 1 aliphatic rings. The zero-order valence-electron chi connectivity index (χ0n) is 12.8. The lowest BCUT2D eigenvalue weighted by Crippen LogP contribution is -2.35. The zero-order valence-corrected chi connectivity index (χ0v) is 12.8. The van der Waals surface area contributed by atoms with Crippen molar-refractivity contribution in [2.75, 3.05) is 0 Å². The Morgan fingerprint density at radius 1 is 1.11 bits per heavy atom. The van der Waals surface area contributed by atoms with Crippen LogP contribution < -0.4 is 0 Å². The Morgan fingerprint density at radius 3 is 2.47 bits per heavy atom. The molecule has 0 atom stereocenters. The van der Waals surface area contributed by atoms with E-state index in [0.29, 0.717) is 5.41 Å². The van der Waals surface area contributed by atoms with E-state index in [1.165, 1.54) is 23.5 Å². The highest BCUT2D eigenvalue weighted by Crippen LogP contribution is 2.45. The summed E-state index contributed by atoms with van der Waals surface area (Å²) >= 11 is 0. The minimum Gasteiger partial charge on any atom is -0.285 e. The Balaban J connectivity index is 2.36. The molecule has 2 heterocycles. The predicted octanol–water partition coefficient (Wildman–Crippen LogP) is 3.60. The zero-order chi connectivity index (χ0) is 14.0. The number of aromatic nitrogens is 3. The van der Waals surface area contributed by atoms with Crippen molar-refractivity contribution in [2.45, 2.75) is 59.8 Å². The van der Waals surface area contributed by atoms with E-state index in [-0.39, 0.29) is 5.41 Å². The molecule has 0 aromatic carbocycles. The van der Waals surface area contributed by atoms with Crippen molar-refractivity contribution in [1.82, 2.24) is 14.4 Å². The second kappa shape index (κ2) is 3.59. The molecule has 0 unspecified atom stereocenters. The topological polar surface area (TPSA) is 30.2 Å². The molecule has 0 spiro atoms. The SMILES string of the molecule is Cc1cc(C)n2c3c(nc2n1)CC(C)(C)CC3(C)C. The fourth-order valence-electron chi connectivity index (χ4n) is 4.03. The first-order valence-corrected chi connectivity index (χ1v) is 7.06. The fraction of sp³-hybridized carbons (Fsp3) is 0.625. The number of imidazole rings is 1. The molecule has 0 fully saturated rings. The van der Waals surface area contributed by atoms with Gasteiger partial charge in [0.1, 0.15) is 0 Å². The van der Waals surface area contributed by atoms with Gasteiger partial charge in [-0.1, -0.05) is 27.7 Å². The van der Waals surface area contributed by atoms with Crippen LogP contribution in [0.1, 0.15) is 56.9 Å². The van der Waals surface area contributed by atoms with E-state index in [1.807, 2.05) is 6.92 Å². The minimum absolute atomic E-state index is 0.151. The van der Waals surface area contributed by atoms with Gasteiger partial charge in [0.15, 0.2) is 0 Å². The molecule has 0 amide bonds. The molecule has 2 aromatic heterocycles. The quantitative estimate of drug-likeness (QED) is 0.722. The van der Waals surface area contributed by atoms with Crippen molar-refractivity contribution < 1.29 is 0 Å². The molecular weight excluding hydrogens is 234 g/mol. The van der Waals surface area contributed by atoms with Gasteiger partial charge in [-0.25, -0.2) is 9.97 Å². The highest BCUT2D eigenvalue weighted by Gasteiger charge is 2.41. The van der Waals surface area contributed by atoms with Crippen LogP contribution in [0.15, 0.2) is 6.07 Å². The van der Waals surface area contributed by atoms with E-state index >= 15 is 0 Å². The maximum atomic E-state index is 4.82. The molecular formula is C16H23N3. The van der Waals surface area contributed by atoms with Gasteiger partial charge >= 0.3 is 0 Å².